The number of hydrogen-bond acceptors (Lipinski definition) is 7. The van der Waals surface area contributed by atoms with Crippen LogP contribution in [-0.4, -0.2) is 49.5 Å². The van der Waals surface area contributed by atoms with Crippen LogP contribution >= 0.6 is 0 Å². The van der Waals surface area contributed by atoms with E-state index in [1.54, 1.807) is 0 Å². The normalized spacial score (nSPS) is 34.7. The molecule has 1 fully saturated rings. The van der Waals surface area contributed by atoms with Gasteiger partial charge in [0.2, 0.25) is 0 Å². The largest absolute Gasteiger partial charge is 0.394 e. The summed E-state index contributed by atoms with van der Waals surface area (Å²) >= 11 is 0. The highest BCUT2D eigenvalue weighted by Crippen LogP contribution is 2.38. The summed E-state index contributed by atoms with van der Waals surface area (Å²) in [6.07, 6.45) is -5.12. The number of halogens is 2. The second-order valence-electron chi connectivity index (χ2n) is 4.05. The van der Waals surface area contributed by atoms with E-state index in [1.807, 2.05) is 0 Å². The number of nitrogens with zero attached hydrogens (tertiary/aromatic N) is 2. The van der Waals surface area contributed by atoms with E-state index in [2.05, 4.69) is 4.98 Å². The van der Waals surface area contributed by atoms with Gasteiger partial charge in [-0.1, -0.05) is 0 Å². The van der Waals surface area contributed by atoms with Crippen molar-refractivity contribution in [2.75, 3.05) is 12.3 Å². The molecule has 4 atom stereocenters. The van der Waals surface area contributed by atoms with Gasteiger partial charge in [0.15, 0.2) is 17.9 Å². The Bertz CT molecular complexity index is 549. The molecule has 2 heterocycles. The maximum absolute atomic E-state index is 13.9. The molecule has 106 valence electrons. The lowest BCUT2D eigenvalue weighted by atomic mass is 10.1. The molecule has 0 saturated carbocycles. The van der Waals surface area contributed by atoms with Crippen LogP contribution in [0.2, 0.25) is 0 Å². The summed E-state index contributed by atoms with van der Waals surface area (Å²) in [4.78, 5) is 14.5. The van der Waals surface area contributed by atoms with Crippen molar-refractivity contribution in [3.05, 3.63) is 22.5 Å². The predicted octanol–water partition coefficient (Wildman–Crippen LogP) is -2.13. The maximum atomic E-state index is 13.9. The van der Waals surface area contributed by atoms with Gasteiger partial charge in [-0.25, -0.2) is 13.6 Å². The van der Waals surface area contributed by atoms with Crippen LogP contribution in [0.5, 0.6) is 0 Å². The lowest BCUT2D eigenvalue weighted by Crippen LogP contribution is -2.45. The lowest BCUT2D eigenvalue weighted by molar-refractivity contribution is -0.197. The summed E-state index contributed by atoms with van der Waals surface area (Å²) in [6, 6.07) is 0. The lowest BCUT2D eigenvalue weighted by Gasteiger charge is -2.23. The summed E-state index contributed by atoms with van der Waals surface area (Å²) in [5.41, 5.74) is 3.88. The quantitative estimate of drug-likeness (QED) is 0.486. The number of aliphatic hydroxyl groups is 3. The van der Waals surface area contributed by atoms with Crippen molar-refractivity contribution in [2.45, 2.75) is 24.3 Å². The Hall–Kier alpha value is -1.62. The molecule has 0 amide bonds. The van der Waals surface area contributed by atoms with Crippen LogP contribution in [0.25, 0.3) is 0 Å². The summed E-state index contributed by atoms with van der Waals surface area (Å²) in [5.74, 6) is -5.21. The van der Waals surface area contributed by atoms with Gasteiger partial charge in [0.05, 0.1) is 12.8 Å². The van der Waals surface area contributed by atoms with Crippen molar-refractivity contribution in [1.29, 1.82) is 0 Å². The summed E-state index contributed by atoms with van der Waals surface area (Å²) < 4.78 is 32.3. The third-order valence-corrected chi connectivity index (χ3v) is 2.78. The van der Waals surface area contributed by atoms with Crippen LogP contribution in [0, 0.1) is 5.82 Å². The van der Waals surface area contributed by atoms with Gasteiger partial charge < -0.3 is 25.8 Å². The molecule has 1 aliphatic heterocycles. The molecule has 0 radical (unpaired) electrons. The highest BCUT2D eigenvalue weighted by Gasteiger charge is 2.57. The number of nitrogen functional groups attached to an aromatic ring is 1. The third-order valence-electron chi connectivity index (χ3n) is 2.78. The van der Waals surface area contributed by atoms with Crippen molar-refractivity contribution < 1.29 is 28.8 Å². The maximum Gasteiger partial charge on any atom is 0.352 e. The van der Waals surface area contributed by atoms with Gasteiger partial charge >= 0.3 is 5.69 Å². The first-order chi connectivity index (χ1) is 8.78. The minimum absolute atomic E-state index is 0.310. The first-order valence-electron chi connectivity index (χ1n) is 5.19. The molecule has 0 bridgehead atoms. The van der Waals surface area contributed by atoms with Crippen LogP contribution < -0.4 is 11.4 Å². The zero-order chi connectivity index (χ0) is 14.4. The monoisotopic (exact) mass is 279 g/mol. The first kappa shape index (κ1) is 13.8. The second-order valence-corrected chi connectivity index (χ2v) is 4.05. The number of hydrogen-bond donors (Lipinski definition) is 4. The Kier molecular flexibility index (Phi) is 3.26. The molecule has 0 aromatic carbocycles. The smallest absolute Gasteiger partial charge is 0.352 e. The fraction of sp³-hybridized carbons (Fsp3) is 0.556. The topological polar surface area (TPSA) is 131 Å². The number of aliphatic hydroxyl groups excluding tert-OH is 2. The highest BCUT2D eigenvalue weighted by molar-refractivity contribution is 5.26. The van der Waals surface area contributed by atoms with E-state index in [0.29, 0.717) is 10.8 Å². The SMILES string of the molecule is Nc1nc(=O)n([C@@H]2O[C@H](CO)[C@@H](O)[C@]2(O)F)cc1F. The predicted molar refractivity (Wildman–Crippen MR) is 55.9 cm³/mol. The van der Waals surface area contributed by atoms with Crippen LogP contribution in [0.4, 0.5) is 14.6 Å². The summed E-state index contributed by atoms with van der Waals surface area (Å²) in [7, 11) is 0. The average molecular weight is 279 g/mol. The Morgan fingerprint density at radius 2 is 2.26 bits per heavy atom. The van der Waals surface area contributed by atoms with Gasteiger partial charge in [-0.3, -0.25) is 4.57 Å². The van der Waals surface area contributed by atoms with Crippen LogP contribution in [0.3, 0.4) is 0 Å². The Morgan fingerprint density at radius 1 is 1.63 bits per heavy atom. The van der Waals surface area contributed by atoms with E-state index in [4.69, 9.17) is 15.6 Å². The Balaban J connectivity index is 2.48. The van der Waals surface area contributed by atoms with Gasteiger partial charge in [0.1, 0.15) is 12.2 Å². The molecule has 1 aromatic rings. The minimum atomic E-state index is -3.39. The van der Waals surface area contributed by atoms with E-state index >= 15 is 0 Å². The number of ether oxygens (including phenoxy) is 1. The standard InChI is InChI=1S/C9H11F2N3O5/c10-3-1-14(8(17)13-6(3)12)7-9(11,18)5(16)4(2-15)19-7/h1,4-5,7,15-16,18H,2H2,(H2,12,13,17)/t4-,5-,7-,9-/m1/s1. The van der Waals surface area contributed by atoms with Gasteiger partial charge in [-0.15, -0.1) is 0 Å². The van der Waals surface area contributed by atoms with Crippen LogP contribution in [0.1, 0.15) is 6.23 Å². The molecule has 0 aliphatic carbocycles. The fourth-order valence-electron chi connectivity index (χ4n) is 1.77. The molecule has 0 spiro atoms. The molecular weight excluding hydrogens is 268 g/mol. The van der Waals surface area contributed by atoms with E-state index < -0.39 is 48.2 Å². The number of rotatable bonds is 2. The van der Waals surface area contributed by atoms with Gasteiger partial charge in [0.25, 0.3) is 5.85 Å². The fourth-order valence-corrected chi connectivity index (χ4v) is 1.77. The third kappa shape index (κ3) is 2.08. The van der Waals surface area contributed by atoms with Gasteiger partial charge in [0, 0.05) is 0 Å². The Labute approximate surface area is 104 Å². The molecule has 1 aromatic heterocycles. The summed E-state index contributed by atoms with van der Waals surface area (Å²) in [5, 5.41) is 27.7. The number of anilines is 1. The zero-order valence-electron chi connectivity index (χ0n) is 9.40. The molecule has 8 nitrogen and oxygen atoms in total. The van der Waals surface area contributed by atoms with Crippen molar-refractivity contribution in [2.24, 2.45) is 0 Å². The van der Waals surface area contributed by atoms with Crippen molar-refractivity contribution >= 4 is 5.82 Å². The van der Waals surface area contributed by atoms with E-state index in [9.17, 15) is 23.8 Å². The molecule has 1 aliphatic rings. The molecule has 5 N–H and O–H groups in total. The molecule has 10 heteroatoms. The highest BCUT2D eigenvalue weighted by atomic mass is 19.2. The van der Waals surface area contributed by atoms with Crippen LogP contribution in [0.15, 0.2) is 11.0 Å². The Morgan fingerprint density at radius 3 is 2.79 bits per heavy atom. The first-order valence-corrected chi connectivity index (χ1v) is 5.19. The van der Waals surface area contributed by atoms with E-state index in [1.165, 1.54) is 0 Å². The minimum Gasteiger partial charge on any atom is -0.394 e. The van der Waals surface area contributed by atoms with Crippen LogP contribution in [-0.2, 0) is 4.74 Å². The number of aromatic nitrogens is 2. The van der Waals surface area contributed by atoms with E-state index in [0.717, 1.165) is 0 Å². The second kappa shape index (κ2) is 4.49. The van der Waals surface area contributed by atoms with Crippen molar-refractivity contribution in [3.8, 4) is 0 Å². The van der Waals surface area contributed by atoms with Crippen molar-refractivity contribution in [1.82, 2.24) is 9.55 Å². The molecule has 2 rings (SSSR count). The zero-order valence-corrected chi connectivity index (χ0v) is 9.40. The average Bonchev–Trinajstić information content (AvgIpc) is 2.56. The van der Waals surface area contributed by atoms with Gasteiger partial charge in [-0.2, -0.15) is 4.98 Å². The summed E-state index contributed by atoms with van der Waals surface area (Å²) in [6.45, 7) is -0.802. The molecular formula is C9H11F2N3O5. The van der Waals surface area contributed by atoms with Gasteiger partial charge in [-0.05, 0) is 0 Å². The molecule has 0 unspecified atom stereocenters. The number of nitrogens with two attached hydrogens (primary N) is 1. The van der Waals surface area contributed by atoms with Crippen molar-refractivity contribution in [3.63, 3.8) is 0 Å². The number of alkyl halides is 1. The molecule has 19 heavy (non-hydrogen) atoms. The van der Waals surface area contributed by atoms with E-state index in [-0.39, 0.29) is 0 Å². The molecule has 1 saturated heterocycles.